The van der Waals surface area contributed by atoms with Gasteiger partial charge in [0.05, 0.1) is 7.11 Å². The van der Waals surface area contributed by atoms with Crippen LogP contribution >= 0.6 is 0 Å². The molecule has 0 spiro atoms. The number of rotatable bonds is 4. The lowest BCUT2D eigenvalue weighted by Gasteiger charge is -2.32. The van der Waals surface area contributed by atoms with Crippen molar-refractivity contribution in [2.24, 2.45) is 5.92 Å². The van der Waals surface area contributed by atoms with E-state index in [0.29, 0.717) is 18.4 Å². The molecule has 3 aromatic rings. The number of aromatic nitrogens is 1. The van der Waals surface area contributed by atoms with Crippen LogP contribution in [-0.4, -0.2) is 29.4 Å². The molecular formula is C24H26N2O3. The second-order valence-electron chi connectivity index (χ2n) is 8.20. The lowest BCUT2D eigenvalue weighted by Crippen LogP contribution is -2.31. The number of pyridine rings is 1. The van der Waals surface area contributed by atoms with Gasteiger partial charge in [-0.15, -0.1) is 0 Å². The molecular weight excluding hydrogens is 364 g/mol. The van der Waals surface area contributed by atoms with Crippen LogP contribution in [0.5, 0.6) is 11.6 Å². The lowest BCUT2D eigenvalue weighted by molar-refractivity contribution is 0.361. The molecule has 1 aliphatic carbocycles. The molecule has 5 heteroatoms. The topological polar surface area (TPSA) is 63.5 Å². The molecule has 0 radical (unpaired) electrons. The fraction of sp³-hybridized carbons (Fsp3) is 0.375. The Labute approximate surface area is 169 Å². The Bertz CT molecular complexity index is 1120. The number of methoxy groups -OCH3 is 1. The Kier molecular flexibility index (Phi) is 4.55. The van der Waals surface area contributed by atoms with Crippen LogP contribution < -0.4 is 15.6 Å². The number of ether oxygens (including phenoxy) is 1. The molecule has 1 saturated heterocycles. The summed E-state index contributed by atoms with van der Waals surface area (Å²) in [6, 6.07) is 15.7. The van der Waals surface area contributed by atoms with Crippen molar-refractivity contribution in [3.05, 3.63) is 70.0 Å². The average molecular weight is 390 g/mol. The van der Waals surface area contributed by atoms with Gasteiger partial charge < -0.3 is 15.2 Å². The van der Waals surface area contributed by atoms with Crippen LogP contribution in [0.3, 0.4) is 0 Å². The molecule has 1 unspecified atom stereocenters. The van der Waals surface area contributed by atoms with Gasteiger partial charge in [-0.1, -0.05) is 30.3 Å². The van der Waals surface area contributed by atoms with Crippen molar-refractivity contribution in [2.45, 2.75) is 37.8 Å². The zero-order chi connectivity index (χ0) is 20.0. The quantitative estimate of drug-likeness (QED) is 0.717. The predicted octanol–water partition coefficient (Wildman–Crippen LogP) is 3.42. The van der Waals surface area contributed by atoms with Gasteiger partial charge >= 0.3 is 0 Å². The molecule has 0 bridgehead atoms. The van der Waals surface area contributed by atoms with Gasteiger partial charge in [0.25, 0.3) is 5.56 Å². The maximum absolute atomic E-state index is 12.6. The van der Waals surface area contributed by atoms with E-state index in [4.69, 9.17) is 4.74 Å². The van der Waals surface area contributed by atoms with E-state index >= 15 is 0 Å². The molecule has 0 amide bonds. The molecule has 29 heavy (non-hydrogen) atoms. The second kappa shape index (κ2) is 7.23. The van der Waals surface area contributed by atoms with E-state index in [1.165, 1.54) is 15.7 Å². The third-order valence-electron chi connectivity index (χ3n) is 6.76. The Morgan fingerprint density at radius 3 is 2.93 bits per heavy atom. The average Bonchev–Trinajstić information content (AvgIpc) is 3.16. The highest BCUT2D eigenvalue weighted by molar-refractivity contribution is 5.86. The standard InChI is InChI=1S/C24H26N2O3/c1-29-21-8-4-7-19-18(21)10-9-16-14-25-20(23(16)19)11-12-26-22(27)13-15-5-2-3-6-17(15)24(26)28/h2-8,13,16,20,23,25,28H,9-12,14H2,1H3/t16-,20?,23+/m0/s1. The molecule has 5 nitrogen and oxygen atoms in total. The second-order valence-corrected chi connectivity index (χ2v) is 8.20. The van der Waals surface area contributed by atoms with Crippen LogP contribution in [0.1, 0.15) is 29.9 Å². The Morgan fingerprint density at radius 1 is 1.21 bits per heavy atom. The van der Waals surface area contributed by atoms with Crippen LogP contribution in [0.2, 0.25) is 0 Å². The normalized spacial score (nSPS) is 23.0. The smallest absolute Gasteiger partial charge is 0.253 e. The number of nitrogens with one attached hydrogen (secondary N) is 1. The van der Waals surface area contributed by atoms with Crippen LogP contribution in [0.4, 0.5) is 0 Å². The van der Waals surface area contributed by atoms with Gasteiger partial charge in [0.1, 0.15) is 5.75 Å². The summed E-state index contributed by atoms with van der Waals surface area (Å²) in [6.07, 6.45) is 3.01. The van der Waals surface area contributed by atoms with Crippen LogP contribution in [0, 0.1) is 5.92 Å². The largest absolute Gasteiger partial charge is 0.496 e. The summed E-state index contributed by atoms with van der Waals surface area (Å²) >= 11 is 0. The summed E-state index contributed by atoms with van der Waals surface area (Å²) in [4.78, 5) is 12.6. The van der Waals surface area contributed by atoms with E-state index in [1.54, 1.807) is 13.2 Å². The van der Waals surface area contributed by atoms with Gasteiger partial charge in [-0.2, -0.15) is 0 Å². The highest BCUT2D eigenvalue weighted by Gasteiger charge is 2.40. The molecule has 2 heterocycles. The Morgan fingerprint density at radius 2 is 2.07 bits per heavy atom. The first kappa shape index (κ1) is 18.3. The van der Waals surface area contributed by atoms with Crippen LogP contribution in [0.15, 0.2) is 53.3 Å². The van der Waals surface area contributed by atoms with Gasteiger partial charge in [0.2, 0.25) is 5.88 Å². The molecule has 2 aliphatic rings. The Hall–Kier alpha value is -2.79. The number of hydrogen-bond donors (Lipinski definition) is 2. The minimum absolute atomic E-state index is 0.0633. The summed E-state index contributed by atoms with van der Waals surface area (Å²) in [6.45, 7) is 1.50. The van der Waals surface area contributed by atoms with Crippen molar-refractivity contribution in [3.8, 4) is 11.6 Å². The zero-order valence-electron chi connectivity index (χ0n) is 16.6. The van der Waals surface area contributed by atoms with Crippen molar-refractivity contribution in [2.75, 3.05) is 13.7 Å². The fourth-order valence-corrected chi connectivity index (χ4v) is 5.37. The first-order chi connectivity index (χ1) is 14.2. The van der Waals surface area contributed by atoms with Crippen molar-refractivity contribution >= 4 is 10.8 Å². The van der Waals surface area contributed by atoms with Crippen LogP contribution in [-0.2, 0) is 13.0 Å². The maximum Gasteiger partial charge on any atom is 0.253 e. The van der Waals surface area contributed by atoms with E-state index in [9.17, 15) is 9.90 Å². The number of nitrogens with zero attached hydrogens (tertiary/aromatic N) is 1. The minimum atomic E-state index is -0.151. The molecule has 5 rings (SSSR count). The highest BCUT2D eigenvalue weighted by Crippen LogP contribution is 2.45. The number of aromatic hydroxyl groups is 1. The highest BCUT2D eigenvalue weighted by atomic mass is 16.5. The molecule has 1 fully saturated rings. The summed E-state index contributed by atoms with van der Waals surface area (Å²) in [7, 11) is 1.74. The van der Waals surface area contributed by atoms with Crippen molar-refractivity contribution in [3.63, 3.8) is 0 Å². The van der Waals surface area contributed by atoms with Crippen molar-refractivity contribution in [1.29, 1.82) is 0 Å². The number of benzene rings is 2. The zero-order valence-corrected chi connectivity index (χ0v) is 16.6. The maximum atomic E-state index is 12.6. The van der Waals surface area contributed by atoms with E-state index < -0.39 is 0 Å². The predicted molar refractivity (Wildman–Crippen MR) is 114 cm³/mol. The monoisotopic (exact) mass is 390 g/mol. The molecule has 0 saturated carbocycles. The van der Waals surface area contributed by atoms with E-state index in [-0.39, 0.29) is 17.5 Å². The molecule has 1 aromatic heterocycles. The summed E-state index contributed by atoms with van der Waals surface area (Å²) in [5.74, 6) is 2.08. The summed E-state index contributed by atoms with van der Waals surface area (Å²) in [5.41, 5.74) is 2.56. The summed E-state index contributed by atoms with van der Waals surface area (Å²) in [5, 5.41) is 15.9. The molecule has 3 atom stereocenters. The minimum Gasteiger partial charge on any atom is -0.496 e. The van der Waals surface area contributed by atoms with Crippen molar-refractivity contribution in [1.82, 2.24) is 9.88 Å². The van der Waals surface area contributed by atoms with Gasteiger partial charge in [-0.25, -0.2) is 0 Å². The van der Waals surface area contributed by atoms with Gasteiger partial charge in [-0.05, 0) is 60.4 Å². The SMILES string of the molecule is COc1cccc2c1CC[C@H]1CNC(CCn3c(O)c4ccccc4cc3=O)[C@@H]21. The third kappa shape index (κ3) is 3.01. The van der Waals surface area contributed by atoms with Gasteiger partial charge in [0.15, 0.2) is 0 Å². The molecule has 150 valence electrons. The van der Waals surface area contributed by atoms with E-state index in [1.807, 2.05) is 30.3 Å². The van der Waals surface area contributed by atoms with Gasteiger partial charge in [-0.3, -0.25) is 9.36 Å². The third-order valence-corrected chi connectivity index (χ3v) is 6.76. The van der Waals surface area contributed by atoms with E-state index in [2.05, 4.69) is 17.4 Å². The van der Waals surface area contributed by atoms with Crippen LogP contribution in [0.25, 0.3) is 10.8 Å². The lowest BCUT2D eigenvalue weighted by atomic mass is 9.73. The molecule has 1 aliphatic heterocycles. The van der Waals surface area contributed by atoms with Gasteiger partial charge in [0, 0.05) is 30.0 Å². The fourth-order valence-electron chi connectivity index (χ4n) is 5.37. The molecule has 2 aromatic carbocycles. The first-order valence-corrected chi connectivity index (χ1v) is 10.4. The number of hydrogen-bond acceptors (Lipinski definition) is 4. The first-order valence-electron chi connectivity index (χ1n) is 10.4. The summed E-state index contributed by atoms with van der Waals surface area (Å²) < 4.78 is 7.11. The number of fused-ring (bicyclic) bond motifs is 4. The van der Waals surface area contributed by atoms with E-state index in [0.717, 1.165) is 42.3 Å². The van der Waals surface area contributed by atoms with Crippen molar-refractivity contribution < 1.29 is 9.84 Å². The molecule has 2 N–H and O–H groups in total. The Balaban J connectivity index is 1.43.